The number of aromatic nitrogens is 2. The number of aliphatic hydroxyl groups excluding tert-OH is 1. The van der Waals surface area contributed by atoms with E-state index in [1.54, 1.807) is 13.8 Å². The van der Waals surface area contributed by atoms with Crippen LogP contribution in [0.1, 0.15) is 39.3 Å². The van der Waals surface area contributed by atoms with Gasteiger partial charge in [0.2, 0.25) is 23.6 Å². The maximum Gasteiger partial charge on any atom is 0.326 e. The van der Waals surface area contributed by atoms with Gasteiger partial charge in [-0.15, -0.1) is 0 Å². The summed E-state index contributed by atoms with van der Waals surface area (Å²) in [5.74, 6) is -4.81. The monoisotopic (exact) mass is 483 g/mol. The summed E-state index contributed by atoms with van der Waals surface area (Å²) in [6.45, 7) is 4.86. The second-order valence-electron chi connectivity index (χ2n) is 8.37. The molecule has 0 aliphatic heterocycles. The first-order valence-corrected chi connectivity index (χ1v) is 10.6. The van der Waals surface area contributed by atoms with Crippen LogP contribution in [0.4, 0.5) is 0 Å². The SMILES string of the molecule is CC(C)CC(NC(=O)C(Cc1cnc[nH]1)NC(=O)C(CC(N)=O)NC(=O)C(N)C(C)O)C(=O)O. The number of hydrogen-bond donors (Lipinski definition) is 8. The number of nitrogens with zero attached hydrogens (tertiary/aromatic N) is 1. The number of aliphatic carboxylic acids is 1. The fourth-order valence-corrected chi connectivity index (χ4v) is 2.96. The molecule has 10 N–H and O–H groups in total. The highest BCUT2D eigenvalue weighted by molar-refractivity contribution is 5.96. The van der Waals surface area contributed by atoms with Crippen molar-refractivity contribution in [2.45, 2.75) is 70.3 Å². The molecule has 34 heavy (non-hydrogen) atoms. The average molecular weight is 484 g/mol. The lowest BCUT2D eigenvalue weighted by Gasteiger charge is -2.25. The van der Waals surface area contributed by atoms with Gasteiger partial charge in [-0.05, 0) is 19.3 Å². The van der Waals surface area contributed by atoms with Gasteiger partial charge in [-0.1, -0.05) is 13.8 Å². The lowest BCUT2D eigenvalue weighted by atomic mass is 10.0. The Morgan fingerprint density at radius 2 is 1.56 bits per heavy atom. The Morgan fingerprint density at radius 1 is 1.00 bits per heavy atom. The summed E-state index contributed by atoms with van der Waals surface area (Å²) in [7, 11) is 0. The number of hydrogen-bond acceptors (Lipinski definition) is 8. The van der Waals surface area contributed by atoms with Gasteiger partial charge in [0.25, 0.3) is 0 Å². The van der Waals surface area contributed by atoms with Crippen molar-refractivity contribution < 1.29 is 34.2 Å². The van der Waals surface area contributed by atoms with Crippen molar-refractivity contribution in [3.8, 4) is 0 Å². The first-order valence-electron chi connectivity index (χ1n) is 10.6. The van der Waals surface area contributed by atoms with Gasteiger partial charge in [0.05, 0.1) is 18.9 Å². The Balaban J connectivity index is 3.09. The molecule has 0 saturated carbocycles. The highest BCUT2D eigenvalue weighted by Crippen LogP contribution is 2.07. The smallest absolute Gasteiger partial charge is 0.326 e. The molecule has 1 heterocycles. The summed E-state index contributed by atoms with van der Waals surface area (Å²) >= 11 is 0. The molecule has 0 aliphatic rings. The van der Waals surface area contributed by atoms with Gasteiger partial charge in [-0.3, -0.25) is 19.2 Å². The lowest BCUT2D eigenvalue weighted by molar-refractivity contribution is -0.143. The first kappa shape index (κ1) is 28.5. The number of amides is 4. The van der Waals surface area contributed by atoms with Gasteiger partial charge in [0.15, 0.2) is 0 Å². The third-order valence-corrected chi connectivity index (χ3v) is 4.79. The molecule has 0 bridgehead atoms. The van der Waals surface area contributed by atoms with Crippen LogP contribution in [0.25, 0.3) is 0 Å². The van der Waals surface area contributed by atoms with Gasteiger partial charge in [0, 0.05) is 18.3 Å². The summed E-state index contributed by atoms with van der Waals surface area (Å²) in [4.78, 5) is 67.6. The quantitative estimate of drug-likeness (QED) is 0.135. The molecule has 1 rings (SSSR count). The van der Waals surface area contributed by atoms with Crippen LogP contribution in [0.5, 0.6) is 0 Å². The van der Waals surface area contributed by atoms with E-state index in [0.717, 1.165) is 0 Å². The molecular weight excluding hydrogens is 450 g/mol. The molecule has 0 saturated heterocycles. The second-order valence-corrected chi connectivity index (χ2v) is 8.37. The normalized spacial score (nSPS) is 15.5. The zero-order valence-corrected chi connectivity index (χ0v) is 19.3. The van der Waals surface area contributed by atoms with Crippen molar-refractivity contribution >= 4 is 29.6 Å². The van der Waals surface area contributed by atoms with E-state index < -0.39 is 66.3 Å². The molecule has 1 aromatic rings. The Hall–Kier alpha value is -3.52. The summed E-state index contributed by atoms with van der Waals surface area (Å²) in [5.41, 5.74) is 11.2. The third kappa shape index (κ3) is 9.54. The highest BCUT2D eigenvalue weighted by Gasteiger charge is 2.32. The van der Waals surface area contributed by atoms with Gasteiger partial charge in [-0.25, -0.2) is 9.78 Å². The van der Waals surface area contributed by atoms with Crippen LogP contribution in [-0.2, 0) is 30.4 Å². The number of nitrogens with two attached hydrogens (primary N) is 2. The summed E-state index contributed by atoms with van der Waals surface area (Å²) in [6, 6.07) is -5.34. The number of carboxylic acid groups (broad SMARTS) is 1. The van der Waals surface area contributed by atoms with Crippen LogP contribution in [0, 0.1) is 5.92 Å². The van der Waals surface area contributed by atoms with E-state index in [9.17, 15) is 34.2 Å². The average Bonchev–Trinajstić information content (AvgIpc) is 3.23. The fraction of sp³-hybridized carbons (Fsp3) is 0.600. The van der Waals surface area contributed by atoms with Crippen molar-refractivity contribution in [3.63, 3.8) is 0 Å². The van der Waals surface area contributed by atoms with Gasteiger partial charge in [-0.2, -0.15) is 0 Å². The van der Waals surface area contributed by atoms with Crippen LogP contribution in [-0.4, -0.2) is 80.1 Å². The first-order chi connectivity index (χ1) is 15.8. The number of primary amides is 1. The molecule has 5 atom stereocenters. The van der Waals surface area contributed by atoms with E-state index >= 15 is 0 Å². The minimum absolute atomic E-state index is 0.0321. The number of nitrogens with one attached hydrogen (secondary N) is 4. The van der Waals surface area contributed by atoms with E-state index in [2.05, 4.69) is 25.9 Å². The van der Waals surface area contributed by atoms with Crippen LogP contribution >= 0.6 is 0 Å². The van der Waals surface area contributed by atoms with Gasteiger partial charge in [0.1, 0.15) is 24.2 Å². The topological polar surface area (TPSA) is 243 Å². The molecule has 0 fully saturated rings. The molecule has 0 radical (unpaired) electrons. The van der Waals surface area contributed by atoms with Crippen molar-refractivity contribution in [3.05, 3.63) is 18.2 Å². The van der Waals surface area contributed by atoms with E-state index in [1.807, 2.05) is 0 Å². The predicted octanol–water partition coefficient (Wildman–Crippen LogP) is -2.88. The fourth-order valence-electron chi connectivity index (χ4n) is 2.96. The minimum atomic E-state index is -1.49. The maximum atomic E-state index is 12.9. The van der Waals surface area contributed by atoms with Crippen molar-refractivity contribution in [1.29, 1.82) is 0 Å². The molecule has 5 unspecified atom stereocenters. The maximum absolute atomic E-state index is 12.9. The molecule has 0 aliphatic carbocycles. The molecular formula is C20H33N7O7. The van der Waals surface area contributed by atoms with Crippen LogP contribution in [0.3, 0.4) is 0 Å². The summed E-state index contributed by atoms with van der Waals surface area (Å²) in [5, 5.41) is 26.0. The van der Waals surface area contributed by atoms with Crippen molar-refractivity contribution in [2.24, 2.45) is 17.4 Å². The van der Waals surface area contributed by atoms with Crippen molar-refractivity contribution in [2.75, 3.05) is 0 Å². The Morgan fingerprint density at radius 3 is 2.03 bits per heavy atom. The standard InChI is InChI=1S/C20H33N7O7/c1-9(2)4-14(20(33)34)27-17(30)12(5-11-7-23-8-24-11)25-18(31)13(6-15(21)29)26-19(32)16(22)10(3)28/h7-10,12-14,16,28H,4-6,22H2,1-3H3,(H2,21,29)(H,23,24)(H,25,31)(H,26,32)(H,27,30)(H,33,34). The van der Waals surface area contributed by atoms with E-state index in [1.165, 1.54) is 19.4 Å². The van der Waals surface area contributed by atoms with E-state index in [0.29, 0.717) is 5.69 Å². The molecule has 4 amide bonds. The lowest BCUT2D eigenvalue weighted by Crippen LogP contribution is -2.59. The van der Waals surface area contributed by atoms with Crippen molar-refractivity contribution in [1.82, 2.24) is 25.9 Å². The largest absolute Gasteiger partial charge is 0.480 e. The number of carboxylic acids is 1. The number of aliphatic hydroxyl groups is 1. The summed E-state index contributed by atoms with van der Waals surface area (Å²) in [6.07, 6.45) is 1.01. The van der Waals surface area contributed by atoms with Crippen LogP contribution < -0.4 is 27.4 Å². The molecule has 190 valence electrons. The number of carbonyl (C=O) groups is 5. The number of rotatable bonds is 14. The Bertz CT molecular complexity index is 857. The predicted molar refractivity (Wildman–Crippen MR) is 119 cm³/mol. The molecule has 14 nitrogen and oxygen atoms in total. The van der Waals surface area contributed by atoms with E-state index in [-0.39, 0.29) is 18.8 Å². The number of H-pyrrole nitrogens is 1. The zero-order valence-electron chi connectivity index (χ0n) is 19.3. The summed E-state index contributed by atoms with van der Waals surface area (Å²) < 4.78 is 0. The highest BCUT2D eigenvalue weighted by atomic mass is 16.4. The van der Waals surface area contributed by atoms with E-state index in [4.69, 9.17) is 11.5 Å². The minimum Gasteiger partial charge on any atom is -0.480 e. The molecule has 14 heteroatoms. The zero-order chi connectivity index (χ0) is 26.0. The van der Waals surface area contributed by atoms with Crippen LogP contribution in [0.2, 0.25) is 0 Å². The Kier molecular flexibility index (Phi) is 11.1. The molecule has 0 aromatic carbocycles. The number of imidazole rings is 1. The Labute approximate surface area is 196 Å². The van der Waals surface area contributed by atoms with Gasteiger partial charge < -0.3 is 42.6 Å². The molecule has 0 spiro atoms. The van der Waals surface area contributed by atoms with Crippen LogP contribution in [0.15, 0.2) is 12.5 Å². The third-order valence-electron chi connectivity index (χ3n) is 4.79. The number of aromatic amines is 1. The van der Waals surface area contributed by atoms with Gasteiger partial charge >= 0.3 is 5.97 Å². The number of carbonyl (C=O) groups excluding carboxylic acids is 4. The molecule has 1 aromatic heterocycles. The second kappa shape index (κ2) is 13.3.